The zero-order chi connectivity index (χ0) is 9.42. The van der Waals surface area contributed by atoms with Gasteiger partial charge in [0, 0.05) is 24.0 Å². The van der Waals surface area contributed by atoms with Gasteiger partial charge in [0.2, 0.25) is 0 Å². The average molecular weight is 179 g/mol. The lowest BCUT2D eigenvalue weighted by molar-refractivity contribution is 0.299. The fourth-order valence-electron chi connectivity index (χ4n) is 2.11. The Morgan fingerprint density at radius 2 is 2.15 bits per heavy atom. The molecule has 2 nitrogen and oxygen atoms in total. The lowest BCUT2D eigenvalue weighted by Crippen LogP contribution is -2.00. The fraction of sp³-hybridized carbons (Fsp3) is 0.636. The van der Waals surface area contributed by atoms with Gasteiger partial charge in [-0.25, -0.2) is 0 Å². The quantitative estimate of drug-likeness (QED) is 0.754. The number of hydrogen-bond acceptors (Lipinski definition) is 1. The maximum Gasteiger partial charge on any atom is 0.0472 e. The van der Waals surface area contributed by atoms with E-state index in [4.69, 9.17) is 5.11 Å². The number of nitrogens with zero attached hydrogens (tertiary/aromatic N) is 1. The van der Waals surface area contributed by atoms with Gasteiger partial charge in [-0.15, -0.1) is 0 Å². The molecule has 72 valence electrons. The first kappa shape index (κ1) is 8.82. The van der Waals surface area contributed by atoms with Gasteiger partial charge in [-0.1, -0.05) is 0 Å². The number of rotatable bonds is 3. The number of aryl methyl sites for hydroxylation is 1. The highest BCUT2D eigenvalue weighted by molar-refractivity contribution is 5.28. The van der Waals surface area contributed by atoms with Crippen LogP contribution < -0.4 is 0 Å². The summed E-state index contributed by atoms with van der Waals surface area (Å²) < 4.78 is 2.42. The van der Waals surface area contributed by atoms with Gasteiger partial charge < -0.3 is 9.67 Å². The van der Waals surface area contributed by atoms with Crippen LogP contribution in [0.25, 0.3) is 0 Å². The van der Waals surface area contributed by atoms with Crippen LogP contribution in [0.5, 0.6) is 0 Å². The monoisotopic (exact) mass is 179 g/mol. The molecular formula is C11H17NO. The normalized spacial score (nSPS) is 16.5. The summed E-state index contributed by atoms with van der Waals surface area (Å²) in [4.78, 5) is 0. The number of aromatic nitrogens is 1. The molecule has 0 atom stereocenters. The van der Waals surface area contributed by atoms with Crippen molar-refractivity contribution in [2.24, 2.45) is 0 Å². The topological polar surface area (TPSA) is 25.2 Å². The fourth-order valence-corrected chi connectivity index (χ4v) is 2.11. The molecule has 1 N–H and O–H groups in total. The van der Waals surface area contributed by atoms with Crippen LogP contribution in [-0.4, -0.2) is 16.3 Å². The Bertz CT molecular complexity index is 310. The summed E-state index contributed by atoms with van der Waals surface area (Å²) in [6.07, 6.45) is 3.45. The van der Waals surface area contributed by atoms with Gasteiger partial charge in [0.05, 0.1) is 0 Å². The standard InChI is InChI=1S/C11H17NO/c1-8-7-10(5-6-13)9(2)12(8)11-3-4-11/h7,11,13H,3-6H2,1-2H3. The lowest BCUT2D eigenvalue weighted by Gasteiger charge is -2.07. The first-order chi connectivity index (χ1) is 6.24. The third-order valence-corrected chi connectivity index (χ3v) is 2.88. The van der Waals surface area contributed by atoms with Crippen molar-refractivity contribution >= 4 is 0 Å². The van der Waals surface area contributed by atoms with Crippen LogP contribution in [0.15, 0.2) is 6.07 Å². The molecule has 1 fully saturated rings. The van der Waals surface area contributed by atoms with E-state index in [-0.39, 0.29) is 6.61 Å². The van der Waals surface area contributed by atoms with Crippen molar-refractivity contribution in [1.82, 2.24) is 4.57 Å². The van der Waals surface area contributed by atoms with Crippen LogP contribution in [0, 0.1) is 13.8 Å². The average Bonchev–Trinajstić information content (AvgIpc) is 2.84. The van der Waals surface area contributed by atoms with E-state index in [0.29, 0.717) is 0 Å². The van der Waals surface area contributed by atoms with E-state index in [1.807, 2.05) is 0 Å². The molecule has 0 saturated heterocycles. The van der Waals surface area contributed by atoms with Gasteiger partial charge in [0.25, 0.3) is 0 Å². The second-order valence-corrected chi connectivity index (χ2v) is 3.97. The van der Waals surface area contributed by atoms with Gasteiger partial charge in [0.1, 0.15) is 0 Å². The van der Waals surface area contributed by atoms with E-state index in [0.717, 1.165) is 12.5 Å². The third-order valence-electron chi connectivity index (χ3n) is 2.88. The largest absolute Gasteiger partial charge is 0.396 e. The molecule has 1 aromatic rings. The van der Waals surface area contributed by atoms with Crippen LogP contribution in [0.3, 0.4) is 0 Å². The zero-order valence-electron chi connectivity index (χ0n) is 8.38. The van der Waals surface area contributed by atoms with Crippen molar-refractivity contribution in [3.63, 3.8) is 0 Å². The van der Waals surface area contributed by atoms with Crippen molar-refractivity contribution in [2.45, 2.75) is 39.2 Å². The summed E-state index contributed by atoms with van der Waals surface area (Å²) in [5.41, 5.74) is 4.02. The molecule has 0 aliphatic heterocycles. The second kappa shape index (κ2) is 3.18. The summed E-state index contributed by atoms with van der Waals surface area (Å²) in [5, 5.41) is 8.89. The molecule has 1 aromatic heterocycles. The summed E-state index contributed by atoms with van der Waals surface area (Å²) in [7, 11) is 0. The Balaban J connectivity index is 2.32. The summed E-state index contributed by atoms with van der Waals surface area (Å²) >= 11 is 0. The van der Waals surface area contributed by atoms with Gasteiger partial charge >= 0.3 is 0 Å². The molecule has 1 saturated carbocycles. The van der Waals surface area contributed by atoms with E-state index in [2.05, 4.69) is 24.5 Å². The van der Waals surface area contributed by atoms with E-state index in [9.17, 15) is 0 Å². The van der Waals surface area contributed by atoms with Crippen molar-refractivity contribution in [2.75, 3.05) is 6.61 Å². The first-order valence-electron chi connectivity index (χ1n) is 5.02. The molecule has 0 radical (unpaired) electrons. The molecule has 2 rings (SSSR count). The minimum Gasteiger partial charge on any atom is -0.396 e. The molecular weight excluding hydrogens is 162 g/mol. The predicted molar refractivity (Wildman–Crippen MR) is 53.0 cm³/mol. The molecule has 0 unspecified atom stereocenters. The molecule has 1 heterocycles. The zero-order valence-corrected chi connectivity index (χ0v) is 8.38. The highest BCUT2D eigenvalue weighted by Crippen LogP contribution is 2.38. The Labute approximate surface area is 79.2 Å². The van der Waals surface area contributed by atoms with Gasteiger partial charge in [-0.3, -0.25) is 0 Å². The second-order valence-electron chi connectivity index (χ2n) is 3.97. The van der Waals surface area contributed by atoms with Gasteiger partial charge in [0.15, 0.2) is 0 Å². The molecule has 2 heteroatoms. The highest BCUT2D eigenvalue weighted by Gasteiger charge is 2.26. The molecule has 0 amide bonds. The Morgan fingerprint density at radius 3 is 2.69 bits per heavy atom. The van der Waals surface area contributed by atoms with Crippen LogP contribution >= 0.6 is 0 Å². The van der Waals surface area contributed by atoms with E-state index < -0.39 is 0 Å². The third kappa shape index (κ3) is 1.51. The number of aliphatic hydroxyl groups is 1. The molecule has 1 aliphatic rings. The maximum absolute atomic E-state index is 8.89. The van der Waals surface area contributed by atoms with Crippen LogP contribution in [0.1, 0.15) is 35.8 Å². The Kier molecular flexibility index (Phi) is 2.16. The SMILES string of the molecule is Cc1cc(CCO)c(C)n1C1CC1. The lowest BCUT2D eigenvalue weighted by atomic mass is 10.2. The summed E-state index contributed by atoms with van der Waals surface area (Å²) in [6, 6.07) is 2.97. The highest BCUT2D eigenvalue weighted by atomic mass is 16.2. The maximum atomic E-state index is 8.89. The number of hydrogen-bond donors (Lipinski definition) is 1. The molecule has 1 aliphatic carbocycles. The van der Waals surface area contributed by atoms with Crippen molar-refractivity contribution in [3.05, 3.63) is 23.0 Å². The van der Waals surface area contributed by atoms with Crippen molar-refractivity contribution in [1.29, 1.82) is 0 Å². The van der Waals surface area contributed by atoms with Gasteiger partial charge in [-0.05, 0) is 44.7 Å². The number of aliphatic hydroxyl groups excluding tert-OH is 1. The minimum atomic E-state index is 0.259. The van der Waals surface area contributed by atoms with Crippen molar-refractivity contribution < 1.29 is 5.11 Å². The Hall–Kier alpha value is -0.760. The van der Waals surface area contributed by atoms with Crippen LogP contribution in [0.2, 0.25) is 0 Å². The first-order valence-corrected chi connectivity index (χ1v) is 5.02. The molecule has 0 aromatic carbocycles. The van der Waals surface area contributed by atoms with Gasteiger partial charge in [-0.2, -0.15) is 0 Å². The van der Waals surface area contributed by atoms with E-state index >= 15 is 0 Å². The molecule has 0 spiro atoms. The van der Waals surface area contributed by atoms with Crippen LogP contribution in [-0.2, 0) is 6.42 Å². The Morgan fingerprint density at radius 1 is 1.46 bits per heavy atom. The van der Waals surface area contributed by atoms with Crippen molar-refractivity contribution in [3.8, 4) is 0 Å². The minimum absolute atomic E-state index is 0.259. The predicted octanol–water partition coefficient (Wildman–Crippen LogP) is 1.97. The molecule has 0 bridgehead atoms. The summed E-state index contributed by atoms with van der Waals surface area (Å²) in [6.45, 7) is 4.58. The summed E-state index contributed by atoms with van der Waals surface area (Å²) in [5.74, 6) is 0. The van der Waals surface area contributed by atoms with Crippen LogP contribution in [0.4, 0.5) is 0 Å². The van der Waals surface area contributed by atoms with E-state index in [1.165, 1.54) is 29.8 Å². The molecule has 13 heavy (non-hydrogen) atoms. The van der Waals surface area contributed by atoms with E-state index in [1.54, 1.807) is 0 Å². The smallest absolute Gasteiger partial charge is 0.0472 e.